The van der Waals surface area contributed by atoms with Gasteiger partial charge in [0.1, 0.15) is 5.75 Å². The first-order valence-corrected chi connectivity index (χ1v) is 9.47. The van der Waals surface area contributed by atoms with Crippen molar-refractivity contribution < 1.29 is 5.11 Å². The zero-order chi connectivity index (χ0) is 18.8. The summed E-state index contributed by atoms with van der Waals surface area (Å²) < 4.78 is 0. The Morgan fingerprint density at radius 3 is 2.67 bits per heavy atom. The maximum absolute atomic E-state index is 9.74. The number of hydrogen-bond donors (Lipinski definition) is 2. The standard InChI is InChI=1S/C22H19N3OS/c1-14-6-9-21(27-17-5-3-4-16(26)13-17)20(12-14)25-19-10-11-23-22-18(19)8-7-15(2)24-22/h3-13,26H,1-2H3,(H,23,24,25). The summed E-state index contributed by atoms with van der Waals surface area (Å²) in [6, 6.07) is 19.6. The Hall–Kier alpha value is -3.05. The van der Waals surface area contributed by atoms with Crippen molar-refractivity contribution in [3.8, 4) is 5.75 Å². The zero-order valence-electron chi connectivity index (χ0n) is 15.1. The summed E-state index contributed by atoms with van der Waals surface area (Å²) in [5, 5.41) is 14.3. The number of rotatable bonds is 4. The van der Waals surface area contributed by atoms with E-state index >= 15 is 0 Å². The highest BCUT2D eigenvalue weighted by Crippen LogP contribution is 2.37. The van der Waals surface area contributed by atoms with E-state index in [1.807, 2.05) is 37.3 Å². The first-order chi connectivity index (χ1) is 13.1. The van der Waals surface area contributed by atoms with Gasteiger partial charge < -0.3 is 10.4 Å². The molecule has 0 saturated heterocycles. The smallest absolute Gasteiger partial charge is 0.161 e. The van der Waals surface area contributed by atoms with Crippen LogP contribution < -0.4 is 5.32 Å². The molecule has 0 amide bonds. The fourth-order valence-electron chi connectivity index (χ4n) is 2.88. The predicted octanol–water partition coefficient (Wildman–Crippen LogP) is 5.85. The highest BCUT2D eigenvalue weighted by Gasteiger charge is 2.09. The van der Waals surface area contributed by atoms with Crippen molar-refractivity contribution in [2.45, 2.75) is 23.6 Å². The third kappa shape index (κ3) is 3.88. The quantitative estimate of drug-likeness (QED) is 0.470. The lowest BCUT2D eigenvalue weighted by Gasteiger charge is -2.14. The number of hydrogen-bond acceptors (Lipinski definition) is 5. The van der Waals surface area contributed by atoms with Gasteiger partial charge >= 0.3 is 0 Å². The van der Waals surface area contributed by atoms with Crippen LogP contribution in [0.15, 0.2) is 76.7 Å². The number of fused-ring (bicyclic) bond motifs is 1. The molecular weight excluding hydrogens is 354 g/mol. The molecule has 27 heavy (non-hydrogen) atoms. The summed E-state index contributed by atoms with van der Waals surface area (Å²) >= 11 is 1.61. The van der Waals surface area contributed by atoms with E-state index in [-0.39, 0.29) is 5.75 Å². The fraction of sp³-hybridized carbons (Fsp3) is 0.0909. The summed E-state index contributed by atoms with van der Waals surface area (Å²) in [6.45, 7) is 4.04. The molecule has 0 aliphatic rings. The first-order valence-electron chi connectivity index (χ1n) is 8.65. The van der Waals surface area contributed by atoms with Crippen LogP contribution in [0, 0.1) is 13.8 Å². The van der Waals surface area contributed by atoms with Crippen molar-refractivity contribution >= 4 is 34.2 Å². The summed E-state index contributed by atoms with van der Waals surface area (Å²) in [6.07, 6.45) is 1.77. The van der Waals surface area contributed by atoms with Gasteiger partial charge in [-0.15, -0.1) is 0 Å². The van der Waals surface area contributed by atoms with Gasteiger partial charge in [-0.25, -0.2) is 9.97 Å². The van der Waals surface area contributed by atoms with Crippen molar-refractivity contribution in [1.29, 1.82) is 0 Å². The molecule has 0 aliphatic carbocycles. The molecule has 4 aromatic rings. The Balaban J connectivity index is 1.73. The topological polar surface area (TPSA) is 58.0 Å². The van der Waals surface area contributed by atoms with Crippen LogP contribution in [0.25, 0.3) is 11.0 Å². The van der Waals surface area contributed by atoms with E-state index in [0.29, 0.717) is 0 Å². The van der Waals surface area contributed by atoms with Gasteiger partial charge in [-0.3, -0.25) is 0 Å². The van der Waals surface area contributed by atoms with Crippen molar-refractivity contribution in [3.63, 3.8) is 0 Å². The molecule has 0 unspecified atom stereocenters. The molecule has 5 heteroatoms. The molecule has 2 heterocycles. The SMILES string of the molecule is Cc1ccc(Sc2cccc(O)c2)c(Nc2ccnc3nc(C)ccc23)c1. The van der Waals surface area contributed by atoms with Gasteiger partial charge in [0.15, 0.2) is 5.65 Å². The first kappa shape index (κ1) is 17.4. The van der Waals surface area contributed by atoms with Crippen molar-refractivity contribution in [3.05, 3.63) is 78.1 Å². The van der Waals surface area contributed by atoms with Crippen LogP contribution in [0.1, 0.15) is 11.3 Å². The van der Waals surface area contributed by atoms with E-state index in [9.17, 15) is 5.11 Å². The second-order valence-electron chi connectivity index (χ2n) is 6.41. The molecular formula is C22H19N3OS. The van der Waals surface area contributed by atoms with E-state index in [0.717, 1.165) is 37.9 Å². The molecule has 0 saturated carbocycles. The summed E-state index contributed by atoms with van der Waals surface area (Å²) in [7, 11) is 0. The van der Waals surface area contributed by atoms with E-state index < -0.39 is 0 Å². The number of aromatic nitrogens is 2. The number of aromatic hydroxyl groups is 1. The molecule has 0 radical (unpaired) electrons. The number of nitrogens with zero attached hydrogens (tertiary/aromatic N) is 2. The molecule has 2 aromatic heterocycles. The second kappa shape index (κ2) is 7.29. The predicted molar refractivity (Wildman–Crippen MR) is 111 cm³/mol. The van der Waals surface area contributed by atoms with Gasteiger partial charge in [-0.2, -0.15) is 0 Å². The van der Waals surface area contributed by atoms with Gasteiger partial charge in [0.2, 0.25) is 0 Å². The number of benzene rings is 2. The van der Waals surface area contributed by atoms with E-state index in [1.165, 1.54) is 5.56 Å². The van der Waals surface area contributed by atoms with Gasteiger partial charge in [-0.1, -0.05) is 23.9 Å². The molecule has 4 rings (SSSR count). The monoisotopic (exact) mass is 373 g/mol. The maximum atomic E-state index is 9.74. The third-order valence-corrected chi connectivity index (χ3v) is 5.26. The fourth-order valence-corrected chi connectivity index (χ4v) is 3.82. The minimum absolute atomic E-state index is 0.267. The average molecular weight is 373 g/mol. The number of anilines is 2. The highest BCUT2D eigenvalue weighted by molar-refractivity contribution is 7.99. The molecule has 2 N–H and O–H groups in total. The minimum Gasteiger partial charge on any atom is -0.508 e. The number of aryl methyl sites for hydroxylation is 2. The lowest BCUT2D eigenvalue weighted by atomic mass is 10.2. The van der Waals surface area contributed by atoms with Crippen LogP contribution in [0.3, 0.4) is 0 Å². The summed E-state index contributed by atoms with van der Waals surface area (Å²) in [4.78, 5) is 11.0. The molecule has 134 valence electrons. The van der Waals surface area contributed by atoms with E-state index in [1.54, 1.807) is 30.1 Å². The molecule has 4 nitrogen and oxygen atoms in total. The van der Waals surface area contributed by atoms with Crippen molar-refractivity contribution in [2.75, 3.05) is 5.32 Å². The summed E-state index contributed by atoms with van der Waals surface area (Å²) in [5.74, 6) is 0.267. The Kier molecular flexibility index (Phi) is 4.69. The number of nitrogens with one attached hydrogen (secondary N) is 1. The van der Waals surface area contributed by atoms with Crippen LogP contribution in [-0.4, -0.2) is 15.1 Å². The van der Waals surface area contributed by atoms with Gasteiger partial charge in [0.25, 0.3) is 0 Å². The van der Waals surface area contributed by atoms with E-state index in [4.69, 9.17) is 0 Å². The van der Waals surface area contributed by atoms with Gasteiger partial charge in [0.05, 0.1) is 11.4 Å². The van der Waals surface area contributed by atoms with Gasteiger partial charge in [-0.05, 0) is 67.9 Å². The van der Waals surface area contributed by atoms with Crippen LogP contribution in [-0.2, 0) is 0 Å². The number of phenolic OH excluding ortho intramolecular Hbond substituents is 1. The molecule has 2 aromatic carbocycles. The van der Waals surface area contributed by atoms with Crippen LogP contribution >= 0.6 is 11.8 Å². The highest BCUT2D eigenvalue weighted by atomic mass is 32.2. The molecule has 0 bridgehead atoms. The molecule has 0 aliphatic heterocycles. The third-order valence-electron chi connectivity index (χ3n) is 4.19. The number of phenols is 1. The number of pyridine rings is 2. The Labute approximate surface area is 162 Å². The zero-order valence-corrected chi connectivity index (χ0v) is 15.9. The Morgan fingerprint density at radius 2 is 1.81 bits per heavy atom. The van der Waals surface area contributed by atoms with Crippen LogP contribution in [0.2, 0.25) is 0 Å². The average Bonchev–Trinajstić information content (AvgIpc) is 2.64. The molecule has 0 atom stereocenters. The van der Waals surface area contributed by atoms with Gasteiger partial charge in [0, 0.05) is 27.1 Å². The van der Waals surface area contributed by atoms with E-state index in [2.05, 4.69) is 40.4 Å². The molecule has 0 fully saturated rings. The van der Waals surface area contributed by atoms with Crippen LogP contribution in [0.5, 0.6) is 5.75 Å². The van der Waals surface area contributed by atoms with Crippen LogP contribution in [0.4, 0.5) is 11.4 Å². The largest absolute Gasteiger partial charge is 0.508 e. The van der Waals surface area contributed by atoms with Crippen molar-refractivity contribution in [2.24, 2.45) is 0 Å². The minimum atomic E-state index is 0.267. The maximum Gasteiger partial charge on any atom is 0.161 e. The normalized spacial score (nSPS) is 10.9. The Bertz CT molecular complexity index is 1130. The lowest BCUT2D eigenvalue weighted by molar-refractivity contribution is 0.474. The molecule has 0 spiro atoms. The lowest BCUT2D eigenvalue weighted by Crippen LogP contribution is -1.96. The summed E-state index contributed by atoms with van der Waals surface area (Å²) in [5.41, 5.74) is 4.83. The second-order valence-corrected chi connectivity index (χ2v) is 7.52. The Morgan fingerprint density at radius 1 is 0.926 bits per heavy atom. The van der Waals surface area contributed by atoms with Crippen molar-refractivity contribution in [1.82, 2.24) is 9.97 Å².